The molecule has 0 saturated heterocycles. The van der Waals surface area contributed by atoms with Crippen molar-refractivity contribution in [3.63, 3.8) is 0 Å². The van der Waals surface area contributed by atoms with Gasteiger partial charge in [-0.3, -0.25) is 14.9 Å². The molecule has 118 valence electrons. The average Bonchev–Trinajstić information content (AvgIpc) is 2.99. The first-order valence-corrected chi connectivity index (χ1v) is 8.15. The number of fused-ring (bicyclic) bond motifs is 1. The number of hydrogen-bond acceptors (Lipinski definition) is 5. The number of nitrogens with zero attached hydrogens (tertiary/aromatic N) is 1. The quantitative estimate of drug-likeness (QED) is 0.671. The molecule has 1 aromatic carbocycles. The Bertz CT molecular complexity index is 779. The van der Waals surface area contributed by atoms with Crippen molar-refractivity contribution >= 4 is 33.9 Å². The summed E-state index contributed by atoms with van der Waals surface area (Å²) in [6.07, 6.45) is 3.80. The molecule has 6 heteroatoms. The predicted molar refractivity (Wildman–Crippen MR) is 91.1 cm³/mol. The molecular weight excluding hydrogens is 310 g/mol. The van der Waals surface area contributed by atoms with Gasteiger partial charge in [-0.15, -0.1) is 11.3 Å². The molecule has 2 heterocycles. The molecule has 23 heavy (non-hydrogen) atoms. The Kier molecular flexibility index (Phi) is 4.00. The smallest absolute Gasteiger partial charge is 0.297 e. The highest BCUT2D eigenvalue weighted by molar-refractivity contribution is 7.13. The molecule has 1 aliphatic heterocycles. The summed E-state index contributed by atoms with van der Waals surface area (Å²) in [4.78, 5) is 28.1. The molecule has 0 bridgehead atoms. The van der Waals surface area contributed by atoms with E-state index >= 15 is 0 Å². The van der Waals surface area contributed by atoms with E-state index in [4.69, 9.17) is 0 Å². The number of hydrogen-bond donors (Lipinski definition) is 2. The molecule has 1 amide bonds. The SMILES string of the molecule is CC1(C)Cc2ccccc2/C(=C/C(=O)C(=O)Nc2nccs2)N1. The number of aromatic nitrogens is 1. The molecule has 0 atom stereocenters. The van der Waals surface area contributed by atoms with Gasteiger partial charge >= 0.3 is 0 Å². The summed E-state index contributed by atoms with van der Waals surface area (Å²) in [7, 11) is 0. The fourth-order valence-corrected chi connectivity index (χ4v) is 3.17. The monoisotopic (exact) mass is 327 g/mol. The van der Waals surface area contributed by atoms with Gasteiger partial charge in [-0.25, -0.2) is 4.98 Å². The van der Waals surface area contributed by atoms with E-state index < -0.39 is 11.7 Å². The first kappa shape index (κ1) is 15.4. The Labute approximate surface area is 138 Å². The van der Waals surface area contributed by atoms with Crippen molar-refractivity contribution in [2.75, 3.05) is 5.32 Å². The molecule has 2 N–H and O–H groups in total. The Morgan fingerprint density at radius 2 is 2.13 bits per heavy atom. The lowest BCUT2D eigenvalue weighted by atomic mass is 9.85. The second-order valence-corrected chi connectivity index (χ2v) is 6.95. The van der Waals surface area contributed by atoms with Crippen LogP contribution in [-0.2, 0) is 16.0 Å². The lowest BCUT2D eigenvalue weighted by Gasteiger charge is -2.35. The van der Waals surface area contributed by atoms with Crippen molar-refractivity contribution in [2.24, 2.45) is 0 Å². The molecule has 2 aromatic rings. The fourth-order valence-electron chi connectivity index (χ4n) is 2.64. The fraction of sp³-hybridized carbons (Fsp3) is 0.235. The van der Waals surface area contributed by atoms with Crippen LogP contribution in [0.25, 0.3) is 5.70 Å². The number of carbonyl (C=O) groups is 2. The molecule has 0 unspecified atom stereocenters. The Morgan fingerprint density at radius 3 is 2.87 bits per heavy atom. The highest BCUT2D eigenvalue weighted by Crippen LogP contribution is 2.29. The summed E-state index contributed by atoms with van der Waals surface area (Å²) in [6, 6.07) is 7.91. The largest absolute Gasteiger partial charge is 0.379 e. The number of carbonyl (C=O) groups excluding carboxylic acids is 2. The van der Waals surface area contributed by atoms with Crippen LogP contribution in [0.15, 0.2) is 41.9 Å². The van der Waals surface area contributed by atoms with E-state index in [1.54, 1.807) is 11.6 Å². The van der Waals surface area contributed by atoms with Crippen molar-refractivity contribution in [3.8, 4) is 0 Å². The van der Waals surface area contributed by atoms with Crippen LogP contribution in [0.1, 0.15) is 25.0 Å². The Morgan fingerprint density at radius 1 is 1.35 bits per heavy atom. The maximum absolute atomic E-state index is 12.2. The number of anilines is 1. The van der Waals surface area contributed by atoms with Crippen molar-refractivity contribution in [1.29, 1.82) is 0 Å². The van der Waals surface area contributed by atoms with E-state index in [9.17, 15) is 9.59 Å². The van der Waals surface area contributed by atoms with Crippen LogP contribution in [0.5, 0.6) is 0 Å². The zero-order valence-electron chi connectivity index (χ0n) is 12.9. The summed E-state index contributed by atoms with van der Waals surface area (Å²) in [6.45, 7) is 4.13. The van der Waals surface area contributed by atoms with Crippen molar-refractivity contribution < 1.29 is 9.59 Å². The predicted octanol–water partition coefficient (Wildman–Crippen LogP) is 2.62. The molecule has 0 saturated carbocycles. The lowest BCUT2D eigenvalue weighted by Crippen LogP contribution is -2.44. The van der Waals surface area contributed by atoms with E-state index in [1.807, 2.05) is 24.3 Å². The minimum atomic E-state index is -0.685. The molecular formula is C17H17N3O2S. The second kappa shape index (κ2) is 5.96. The van der Waals surface area contributed by atoms with Gasteiger partial charge in [-0.05, 0) is 25.8 Å². The third-order valence-corrected chi connectivity index (χ3v) is 4.25. The lowest BCUT2D eigenvalue weighted by molar-refractivity contribution is -0.131. The third kappa shape index (κ3) is 3.48. The summed E-state index contributed by atoms with van der Waals surface area (Å²) in [5.74, 6) is -1.29. The summed E-state index contributed by atoms with van der Waals surface area (Å²) >= 11 is 1.27. The van der Waals surface area contributed by atoms with Gasteiger partial charge < -0.3 is 5.32 Å². The van der Waals surface area contributed by atoms with E-state index in [0.29, 0.717) is 10.8 Å². The maximum atomic E-state index is 12.2. The van der Waals surface area contributed by atoms with Gasteiger partial charge in [0.15, 0.2) is 5.13 Å². The van der Waals surface area contributed by atoms with Crippen LogP contribution in [0, 0.1) is 0 Å². The Balaban J connectivity index is 1.86. The molecule has 0 spiro atoms. The summed E-state index contributed by atoms with van der Waals surface area (Å²) < 4.78 is 0. The first-order chi connectivity index (χ1) is 10.9. The highest BCUT2D eigenvalue weighted by Gasteiger charge is 2.28. The minimum Gasteiger partial charge on any atom is -0.379 e. The summed E-state index contributed by atoms with van der Waals surface area (Å²) in [5.41, 5.74) is 2.63. The van der Waals surface area contributed by atoms with Crippen LogP contribution in [0.2, 0.25) is 0 Å². The van der Waals surface area contributed by atoms with Gasteiger partial charge in [0, 0.05) is 34.5 Å². The van der Waals surface area contributed by atoms with Crippen molar-refractivity contribution in [2.45, 2.75) is 25.8 Å². The molecule has 1 aliphatic rings. The van der Waals surface area contributed by atoms with Gasteiger partial charge in [0.2, 0.25) is 5.78 Å². The van der Waals surface area contributed by atoms with Gasteiger partial charge in [-0.2, -0.15) is 0 Å². The van der Waals surface area contributed by atoms with Crippen LogP contribution in [-0.4, -0.2) is 22.2 Å². The average molecular weight is 327 g/mol. The molecule has 5 nitrogen and oxygen atoms in total. The van der Waals surface area contributed by atoms with E-state index in [2.05, 4.69) is 29.5 Å². The number of thiazole rings is 1. The molecule has 0 aliphatic carbocycles. The zero-order valence-corrected chi connectivity index (χ0v) is 13.7. The number of amides is 1. The second-order valence-electron chi connectivity index (χ2n) is 6.06. The molecule has 0 radical (unpaired) electrons. The number of ketones is 1. The molecule has 0 fully saturated rings. The number of benzene rings is 1. The van der Waals surface area contributed by atoms with Crippen molar-refractivity contribution in [1.82, 2.24) is 10.3 Å². The van der Waals surface area contributed by atoms with E-state index in [1.165, 1.54) is 17.4 Å². The van der Waals surface area contributed by atoms with Crippen LogP contribution in [0.3, 0.4) is 0 Å². The maximum Gasteiger partial charge on any atom is 0.297 e. The van der Waals surface area contributed by atoms with Crippen LogP contribution >= 0.6 is 11.3 Å². The van der Waals surface area contributed by atoms with Gasteiger partial charge in [0.25, 0.3) is 5.91 Å². The zero-order chi connectivity index (χ0) is 16.4. The van der Waals surface area contributed by atoms with E-state index in [-0.39, 0.29) is 5.54 Å². The van der Waals surface area contributed by atoms with E-state index in [0.717, 1.165) is 17.5 Å². The third-order valence-electron chi connectivity index (χ3n) is 3.56. The van der Waals surface area contributed by atoms with Gasteiger partial charge in [0.1, 0.15) is 0 Å². The van der Waals surface area contributed by atoms with Gasteiger partial charge in [0.05, 0.1) is 0 Å². The number of rotatable bonds is 3. The van der Waals surface area contributed by atoms with Crippen LogP contribution < -0.4 is 10.6 Å². The van der Waals surface area contributed by atoms with Gasteiger partial charge in [-0.1, -0.05) is 24.3 Å². The summed E-state index contributed by atoms with van der Waals surface area (Å²) in [5, 5.41) is 8.00. The van der Waals surface area contributed by atoms with Crippen molar-refractivity contribution in [3.05, 3.63) is 53.0 Å². The standard InChI is InChI=1S/C17H17N3O2S/c1-17(2)10-11-5-3-4-6-12(11)13(20-17)9-14(21)15(22)19-16-18-7-8-23-16/h3-9,20H,10H2,1-2H3,(H,18,19,22)/b13-9-. The normalized spacial score (nSPS) is 17.2. The highest BCUT2D eigenvalue weighted by atomic mass is 32.1. The number of nitrogens with one attached hydrogen (secondary N) is 2. The topological polar surface area (TPSA) is 71.1 Å². The first-order valence-electron chi connectivity index (χ1n) is 7.28. The minimum absolute atomic E-state index is 0.174. The Hall–Kier alpha value is -2.47. The molecule has 1 aromatic heterocycles. The van der Waals surface area contributed by atoms with Crippen LogP contribution in [0.4, 0.5) is 5.13 Å². The molecule has 3 rings (SSSR count).